The number of nitriles is 1. The Kier molecular flexibility index (Phi) is 5.11. The van der Waals surface area contributed by atoms with Crippen molar-refractivity contribution >= 4 is 28.3 Å². The molecule has 23 heavy (non-hydrogen) atoms. The number of aliphatic hydroxyl groups excluding tert-OH is 1. The number of nitrogens with one attached hydrogen (secondary N) is 2. The van der Waals surface area contributed by atoms with E-state index in [0.29, 0.717) is 34.7 Å². The maximum atomic E-state index is 11.2. The molecule has 9 nitrogen and oxygen atoms in total. The molecule has 2 aromatic rings. The predicted molar refractivity (Wildman–Crippen MR) is 83.9 cm³/mol. The minimum absolute atomic E-state index is 0.0507. The molecule has 0 aliphatic carbocycles. The minimum atomic E-state index is -1.19. The molecule has 0 aliphatic rings. The smallest absolute Gasteiger partial charge is 0.254 e. The van der Waals surface area contributed by atoms with Crippen LogP contribution in [0.4, 0.5) is 11.5 Å². The third kappa shape index (κ3) is 3.56. The van der Waals surface area contributed by atoms with Crippen LogP contribution in [-0.4, -0.2) is 47.3 Å². The monoisotopic (exact) mass is 316 g/mol. The Morgan fingerprint density at radius 2 is 2.30 bits per heavy atom. The lowest BCUT2D eigenvalue weighted by Crippen LogP contribution is -2.34. The standard InChI is InChI=1S/C14H16N6O3/c1-23-12-5-9-8(14(17-2-3-21)19-7-18-9)4-10(12)20-11(6-15)13(16)22/h4-5,7,11,20-21H,2-3H2,1H3,(H2,16,22)(H,17,18,19). The van der Waals surface area contributed by atoms with Gasteiger partial charge in [-0.2, -0.15) is 5.26 Å². The number of ether oxygens (including phenoxy) is 1. The lowest BCUT2D eigenvalue weighted by molar-refractivity contribution is -0.117. The van der Waals surface area contributed by atoms with Crippen LogP contribution in [0.5, 0.6) is 5.75 Å². The predicted octanol–water partition coefficient (Wildman–Crippen LogP) is -0.168. The van der Waals surface area contributed by atoms with E-state index in [1.54, 1.807) is 18.2 Å². The molecular formula is C14H16N6O3. The van der Waals surface area contributed by atoms with Crippen molar-refractivity contribution < 1.29 is 14.6 Å². The number of aromatic nitrogens is 2. The van der Waals surface area contributed by atoms with E-state index in [9.17, 15) is 4.79 Å². The second kappa shape index (κ2) is 7.24. The molecule has 1 amide bonds. The Morgan fingerprint density at radius 1 is 1.52 bits per heavy atom. The van der Waals surface area contributed by atoms with Crippen molar-refractivity contribution in [2.75, 3.05) is 30.9 Å². The third-order valence-electron chi connectivity index (χ3n) is 3.07. The van der Waals surface area contributed by atoms with Crippen molar-refractivity contribution in [3.63, 3.8) is 0 Å². The van der Waals surface area contributed by atoms with Crippen LogP contribution >= 0.6 is 0 Å². The van der Waals surface area contributed by atoms with Crippen molar-refractivity contribution in [3.8, 4) is 11.8 Å². The Balaban J connectivity index is 2.50. The minimum Gasteiger partial charge on any atom is -0.495 e. The molecule has 1 unspecified atom stereocenters. The SMILES string of the molecule is COc1cc2ncnc(NCCO)c2cc1NC(C#N)C(N)=O. The molecule has 0 bridgehead atoms. The quantitative estimate of drug-likeness (QED) is 0.550. The fourth-order valence-electron chi connectivity index (χ4n) is 2.00. The van der Waals surface area contributed by atoms with E-state index < -0.39 is 11.9 Å². The molecule has 0 radical (unpaired) electrons. The number of carbonyl (C=O) groups is 1. The summed E-state index contributed by atoms with van der Waals surface area (Å²) in [5.74, 6) is 0.130. The first-order valence-electron chi connectivity index (χ1n) is 6.73. The molecule has 0 saturated heterocycles. The number of anilines is 2. The zero-order chi connectivity index (χ0) is 16.8. The normalized spacial score (nSPS) is 11.5. The van der Waals surface area contributed by atoms with Crippen LogP contribution in [0.2, 0.25) is 0 Å². The van der Waals surface area contributed by atoms with E-state index in [4.69, 9.17) is 20.8 Å². The van der Waals surface area contributed by atoms with Crippen LogP contribution in [-0.2, 0) is 4.79 Å². The molecule has 0 aliphatic heterocycles. The van der Waals surface area contributed by atoms with Crippen LogP contribution in [0.25, 0.3) is 10.9 Å². The zero-order valence-corrected chi connectivity index (χ0v) is 12.4. The van der Waals surface area contributed by atoms with Crippen LogP contribution < -0.4 is 21.1 Å². The van der Waals surface area contributed by atoms with Crippen LogP contribution in [0, 0.1) is 11.3 Å². The number of amides is 1. The molecule has 1 aromatic carbocycles. The van der Waals surface area contributed by atoms with Crippen molar-refractivity contribution in [1.29, 1.82) is 5.26 Å². The van der Waals surface area contributed by atoms with Gasteiger partial charge in [-0.15, -0.1) is 0 Å². The first kappa shape index (κ1) is 16.3. The largest absolute Gasteiger partial charge is 0.495 e. The van der Waals surface area contributed by atoms with E-state index >= 15 is 0 Å². The number of fused-ring (bicyclic) bond motifs is 1. The van der Waals surface area contributed by atoms with Gasteiger partial charge in [0.15, 0.2) is 6.04 Å². The molecule has 9 heteroatoms. The van der Waals surface area contributed by atoms with Gasteiger partial charge in [0.2, 0.25) is 0 Å². The molecule has 0 saturated carbocycles. The van der Waals surface area contributed by atoms with Gasteiger partial charge >= 0.3 is 0 Å². The van der Waals surface area contributed by atoms with Gasteiger partial charge in [-0.3, -0.25) is 4.79 Å². The Labute approximate surface area is 132 Å². The summed E-state index contributed by atoms with van der Waals surface area (Å²) in [4.78, 5) is 19.5. The molecule has 1 heterocycles. The van der Waals surface area contributed by atoms with Gasteiger partial charge in [0.05, 0.1) is 31.0 Å². The number of methoxy groups -OCH3 is 1. The van der Waals surface area contributed by atoms with Gasteiger partial charge in [-0.1, -0.05) is 0 Å². The van der Waals surface area contributed by atoms with E-state index in [0.717, 1.165) is 0 Å². The number of primary amides is 1. The summed E-state index contributed by atoms with van der Waals surface area (Å²) in [6.07, 6.45) is 1.38. The number of nitrogens with two attached hydrogens (primary N) is 1. The third-order valence-corrected chi connectivity index (χ3v) is 3.07. The molecule has 0 fully saturated rings. The first-order valence-corrected chi connectivity index (χ1v) is 6.73. The summed E-state index contributed by atoms with van der Waals surface area (Å²) in [7, 11) is 1.46. The number of aliphatic hydroxyl groups is 1. The van der Waals surface area contributed by atoms with Crippen molar-refractivity contribution in [1.82, 2.24) is 9.97 Å². The van der Waals surface area contributed by atoms with E-state index in [1.807, 2.05) is 0 Å². The summed E-state index contributed by atoms with van der Waals surface area (Å²) in [6, 6.07) is 3.89. The van der Waals surface area contributed by atoms with Crippen LogP contribution in [0.1, 0.15) is 0 Å². The molecule has 5 N–H and O–H groups in total. The molecule has 0 spiro atoms. The maximum absolute atomic E-state index is 11.2. The number of hydrogen-bond acceptors (Lipinski definition) is 8. The maximum Gasteiger partial charge on any atom is 0.254 e. The number of carbonyl (C=O) groups excluding carboxylic acids is 1. The van der Waals surface area contributed by atoms with Gasteiger partial charge in [-0.25, -0.2) is 9.97 Å². The topological polar surface area (TPSA) is 146 Å². The molecular weight excluding hydrogens is 300 g/mol. The molecule has 1 aromatic heterocycles. The second-order valence-corrected chi connectivity index (χ2v) is 4.55. The van der Waals surface area contributed by atoms with Crippen LogP contribution in [0.15, 0.2) is 18.5 Å². The lowest BCUT2D eigenvalue weighted by Gasteiger charge is -2.15. The number of rotatable bonds is 7. The first-order chi connectivity index (χ1) is 11.1. The second-order valence-electron chi connectivity index (χ2n) is 4.55. The Hall–Kier alpha value is -3.12. The van der Waals surface area contributed by atoms with E-state index in [1.165, 1.54) is 13.4 Å². The average molecular weight is 316 g/mol. The molecule has 2 rings (SSSR count). The van der Waals surface area contributed by atoms with Gasteiger partial charge in [0.1, 0.15) is 17.9 Å². The molecule has 1 atom stereocenters. The Bertz CT molecular complexity index is 758. The highest BCUT2D eigenvalue weighted by Crippen LogP contribution is 2.32. The summed E-state index contributed by atoms with van der Waals surface area (Å²) < 4.78 is 5.25. The number of nitrogens with zero attached hydrogens (tertiary/aromatic N) is 3. The van der Waals surface area contributed by atoms with Crippen molar-refractivity contribution in [2.45, 2.75) is 6.04 Å². The highest BCUT2D eigenvalue weighted by molar-refractivity contribution is 5.95. The fraction of sp³-hybridized carbons (Fsp3) is 0.286. The Morgan fingerprint density at radius 3 is 2.91 bits per heavy atom. The average Bonchev–Trinajstić information content (AvgIpc) is 2.56. The van der Waals surface area contributed by atoms with E-state index in [-0.39, 0.29) is 6.61 Å². The summed E-state index contributed by atoms with van der Waals surface area (Å²) >= 11 is 0. The lowest BCUT2D eigenvalue weighted by atomic mass is 10.1. The van der Waals surface area contributed by atoms with E-state index in [2.05, 4.69) is 20.6 Å². The van der Waals surface area contributed by atoms with Crippen molar-refractivity contribution in [3.05, 3.63) is 18.5 Å². The van der Waals surface area contributed by atoms with Crippen molar-refractivity contribution in [2.24, 2.45) is 5.73 Å². The highest BCUT2D eigenvalue weighted by atomic mass is 16.5. The summed E-state index contributed by atoms with van der Waals surface area (Å²) in [6.45, 7) is 0.272. The molecule has 120 valence electrons. The van der Waals surface area contributed by atoms with Gasteiger partial charge in [0.25, 0.3) is 5.91 Å². The number of benzene rings is 1. The van der Waals surface area contributed by atoms with Gasteiger partial charge < -0.3 is 26.2 Å². The summed E-state index contributed by atoms with van der Waals surface area (Å²) in [5, 5.41) is 24.2. The summed E-state index contributed by atoms with van der Waals surface area (Å²) in [5.41, 5.74) is 6.18. The van der Waals surface area contributed by atoms with Gasteiger partial charge in [0, 0.05) is 18.0 Å². The zero-order valence-electron chi connectivity index (χ0n) is 12.4. The van der Waals surface area contributed by atoms with Gasteiger partial charge in [-0.05, 0) is 6.07 Å². The van der Waals surface area contributed by atoms with Crippen LogP contribution in [0.3, 0.4) is 0 Å². The highest BCUT2D eigenvalue weighted by Gasteiger charge is 2.17. The number of hydrogen-bond donors (Lipinski definition) is 4. The fourth-order valence-corrected chi connectivity index (χ4v) is 2.00.